The van der Waals surface area contributed by atoms with Gasteiger partial charge in [-0.25, -0.2) is 4.79 Å². The molecule has 1 saturated heterocycles. The molecular formula is C16H24O9. The summed E-state index contributed by atoms with van der Waals surface area (Å²) >= 11 is 0. The molecule has 1 aliphatic carbocycles. The summed E-state index contributed by atoms with van der Waals surface area (Å²) < 4.78 is 16.5. The largest absolute Gasteiger partial charge is 0.478 e. The van der Waals surface area contributed by atoms with E-state index < -0.39 is 49.6 Å². The van der Waals surface area contributed by atoms with Crippen LogP contribution < -0.4 is 0 Å². The minimum atomic E-state index is -1.54. The first-order valence-corrected chi connectivity index (χ1v) is 8.40. The zero-order chi connectivity index (χ0) is 18.3. The molecule has 0 aromatic carbocycles. The summed E-state index contributed by atoms with van der Waals surface area (Å²) in [6.07, 6.45) is -5.10. The number of ether oxygens (including phenoxy) is 3. The third-order valence-corrected chi connectivity index (χ3v) is 5.46. The fourth-order valence-electron chi connectivity index (χ4n) is 4.01. The van der Waals surface area contributed by atoms with E-state index in [9.17, 15) is 30.3 Å². The predicted octanol–water partition coefficient (Wildman–Crippen LogP) is -1.21. The zero-order valence-corrected chi connectivity index (χ0v) is 13.8. The highest BCUT2D eigenvalue weighted by Crippen LogP contribution is 2.47. The first-order valence-electron chi connectivity index (χ1n) is 8.40. The van der Waals surface area contributed by atoms with E-state index in [4.69, 9.17) is 14.2 Å². The highest BCUT2D eigenvalue weighted by atomic mass is 16.8. The maximum Gasteiger partial charge on any atom is 0.334 e. The molecule has 0 unspecified atom stereocenters. The van der Waals surface area contributed by atoms with Gasteiger partial charge >= 0.3 is 5.97 Å². The van der Waals surface area contributed by atoms with Crippen LogP contribution in [0.5, 0.6) is 0 Å². The van der Waals surface area contributed by atoms with E-state index in [1.54, 1.807) is 0 Å². The van der Waals surface area contributed by atoms with Gasteiger partial charge in [-0.05, 0) is 18.8 Å². The SMILES string of the molecule is C[C@H]1CC[C@H]2C(C(=O)O)=CO[C@H](O[C@H]3O[C@@H](CO)[C@H](O)[C@@H](O)[C@@H]3O)[C@@H]12. The highest BCUT2D eigenvalue weighted by molar-refractivity contribution is 5.87. The lowest BCUT2D eigenvalue weighted by Gasteiger charge is -2.43. The van der Waals surface area contributed by atoms with Crippen molar-refractivity contribution in [1.29, 1.82) is 0 Å². The molecule has 9 heteroatoms. The van der Waals surface area contributed by atoms with Gasteiger partial charge in [-0.3, -0.25) is 0 Å². The minimum Gasteiger partial charge on any atom is -0.478 e. The van der Waals surface area contributed by atoms with E-state index in [2.05, 4.69) is 0 Å². The van der Waals surface area contributed by atoms with Crippen LogP contribution in [0.4, 0.5) is 0 Å². The second-order valence-corrected chi connectivity index (χ2v) is 6.95. The minimum absolute atomic E-state index is 0.142. The molecule has 2 heterocycles. The maximum atomic E-state index is 11.4. The Morgan fingerprint density at radius 1 is 1.20 bits per heavy atom. The molecular weight excluding hydrogens is 336 g/mol. The van der Waals surface area contributed by atoms with Crippen LogP contribution in [0.15, 0.2) is 11.8 Å². The molecule has 142 valence electrons. The van der Waals surface area contributed by atoms with Gasteiger partial charge in [0.15, 0.2) is 6.29 Å². The number of rotatable bonds is 4. The van der Waals surface area contributed by atoms with Gasteiger partial charge < -0.3 is 39.7 Å². The Kier molecular flexibility index (Phi) is 5.33. The monoisotopic (exact) mass is 360 g/mol. The van der Waals surface area contributed by atoms with Crippen molar-refractivity contribution in [3.05, 3.63) is 11.8 Å². The lowest BCUT2D eigenvalue weighted by atomic mass is 9.83. The van der Waals surface area contributed by atoms with Crippen molar-refractivity contribution in [2.75, 3.05) is 6.61 Å². The summed E-state index contributed by atoms with van der Waals surface area (Å²) in [7, 11) is 0. The Morgan fingerprint density at radius 2 is 1.92 bits per heavy atom. The molecule has 5 N–H and O–H groups in total. The van der Waals surface area contributed by atoms with Crippen molar-refractivity contribution in [2.24, 2.45) is 17.8 Å². The number of carbonyl (C=O) groups is 1. The van der Waals surface area contributed by atoms with Gasteiger partial charge in [0.25, 0.3) is 0 Å². The molecule has 0 aromatic heterocycles. The van der Waals surface area contributed by atoms with Crippen molar-refractivity contribution in [3.8, 4) is 0 Å². The fraction of sp³-hybridized carbons (Fsp3) is 0.812. The van der Waals surface area contributed by atoms with E-state index in [0.717, 1.165) is 12.7 Å². The lowest BCUT2D eigenvalue weighted by Crippen LogP contribution is -2.60. The Balaban J connectivity index is 1.77. The van der Waals surface area contributed by atoms with Crippen molar-refractivity contribution < 1.29 is 44.5 Å². The van der Waals surface area contributed by atoms with Crippen LogP contribution in [-0.2, 0) is 19.0 Å². The van der Waals surface area contributed by atoms with Crippen LogP contribution in [0.25, 0.3) is 0 Å². The standard InChI is InChI=1S/C16H24O9/c1-6-2-3-7-8(14(21)22)5-23-15(10(6)7)25-16-13(20)12(19)11(18)9(4-17)24-16/h5-7,9-13,15-20H,2-4H2,1H3,(H,21,22)/t6-,7-,9-,10-,11-,12+,13-,15+,16+/m0/s1. The van der Waals surface area contributed by atoms with Crippen LogP contribution >= 0.6 is 0 Å². The van der Waals surface area contributed by atoms with E-state index in [-0.39, 0.29) is 23.3 Å². The normalized spacial score (nSPS) is 46.9. The number of aliphatic hydroxyl groups excluding tert-OH is 4. The summed E-state index contributed by atoms with van der Waals surface area (Å²) in [6, 6.07) is 0. The summed E-state index contributed by atoms with van der Waals surface area (Å²) in [4.78, 5) is 11.4. The Bertz CT molecular complexity index is 534. The molecule has 0 radical (unpaired) electrons. The number of carboxylic acid groups (broad SMARTS) is 1. The van der Waals surface area contributed by atoms with Crippen molar-refractivity contribution in [1.82, 2.24) is 0 Å². The molecule has 0 amide bonds. The smallest absolute Gasteiger partial charge is 0.334 e. The van der Waals surface area contributed by atoms with Crippen LogP contribution in [-0.4, -0.2) is 75.1 Å². The third kappa shape index (κ3) is 3.27. The van der Waals surface area contributed by atoms with Gasteiger partial charge in [-0.15, -0.1) is 0 Å². The molecule has 3 rings (SSSR count). The summed E-state index contributed by atoms with van der Waals surface area (Å²) in [5.74, 6) is -1.35. The quantitative estimate of drug-likeness (QED) is 0.417. The van der Waals surface area contributed by atoms with E-state index in [1.165, 1.54) is 0 Å². The molecule has 9 atom stereocenters. The van der Waals surface area contributed by atoms with Crippen LogP contribution in [0.3, 0.4) is 0 Å². The summed E-state index contributed by atoms with van der Waals surface area (Å²) in [6.45, 7) is 1.42. The second-order valence-electron chi connectivity index (χ2n) is 6.95. The molecule has 1 saturated carbocycles. The number of hydrogen-bond donors (Lipinski definition) is 5. The van der Waals surface area contributed by atoms with Crippen molar-refractivity contribution in [2.45, 2.75) is 56.8 Å². The number of aliphatic carboxylic acids is 1. The second kappa shape index (κ2) is 7.18. The van der Waals surface area contributed by atoms with Crippen LogP contribution in [0.1, 0.15) is 19.8 Å². The number of fused-ring (bicyclic) bond motifs is 1. The van der Waals surface area contributed by atoms with Crippen LogP contribution in [0, 0.1) is 17.8 Å². The molecule has 2 aliphatic heterocycles. The number of carboxylic acids is 1. The van der Waals surface area contributed by atoms with Gasteiger partial charge in [-0.1, -0.05) is 6.92 Å². The van der Waals surface area contributed by atoms with Gasteiger partial charge in [0.2, 0.25) is 6.29 Å². The predicted molar refractivity (Wildman–Crippen MR) is 80.8 cm³/mol. The van der Waals surface area contributed by atoms with E-state index in [1.807, 2.05) is 6.92 Å². The van der Waals surface area contributed by atoms with E-state index in [0.29, 0.717) is 6.42 Å². The molecule has 25 heavy (non-hydrogen) atoms. The lowest BCUT2D eigenvalue weighted by molar-refractivity contribution is -0.342. The Morgan fingerprint density at radius 3 is 2.56 bits per heavy atom. The molecule has 0 aromatic rings. The average Bonchev–Trinajstić information content (AvgIpc) is 2.97. The van der Waals surface area contributed by atoms with Gasteiger partial charge in [-0.2, -0.15) is 0 Å². The molecule has 3 aliphatic rings. The molecule has 0 spiro atoms. The third-order valence-electron chi connectivity index (χ3n) is 5.46. The highest BCUT2D eigenvalue weighted by Gasteiger charge is 2.50. The van der Waals surface area contributed by atoms with Gasteiger partial charge in [0.1, 0.15) is 24.4 Å². The van der Waals surface area contributed by atoms with Crippen molar-refractivity contribution in [3.63, 3.8) is 0 Å². The van der Waals surface area contributed by atoms with Gasteiger partial charge in [0.05, 0.1) is 18.4 Å². The molecule has 9 nitrogen and oxygen atoms in total. The molecule has 2 fully saturated rings. The summed E-state index contributed by atoms with van der Waals surface area (Å²) in [5, 5.41) is 48.3. The fourth-order valence-corrected chi connectivity index (χ4v) is 4.01. The average molecular weight is 360 g/mol. The first-order chi connectivity index (χ1) is 11.8. The first kappa shape index (κ1) is 18.6. The van der Waals surface area contributed by atoms with E-state index >= 15 is 0 Å². The Labute approximate surface area is 144 Å². The van der Waals surface area contributed by atoms with Gasteiger partial charge in [0, 0.05) is 11.8 Å². The topological polar surface area (TPSA) is 146 Å². The summed E-state index contributed by atoms with van der Waals surface area (Å²) in [5.41, 5.74) is 0.197. The van der Waals surface area contributed by atoms with Crippen LogP contribution in [0.2, 0.25) is 0 Å². The zero-order valence-electron chi connectivity index (χ0n) is 13.8. The molecule has 0 bridgehead atoms. The van der Waals surface area contributed by atoms with Crippen molar-refractivity contribution >= 4 is 5.97 Å². The number of hydrogen-bond acceptors (Lipinski definition) is 8. The Hall–Kier alpha value is -1.23. The number of aliphatic hydroxyl groups is 4. The maximum absolute atomic E-state index is 11.4.